The summed E-state index contributed by atoms with van der Waals surface area (Å²) in [5.74, 6) is 0. The molecule has 0 saturated heterocycles. The fourth-order valence-corrected chi connectivity index (χ4v) is 3.37. The third-order valence-corrected chi connectivity index (χ3v) is 4.62. The van der Waals surface area contributed by atoms with Gasteiger partial charge in [-0.1, -0.05) is 18.2 Å². The molecule has 0 fully saturated rings. The molecule has 0 saturated carbocycles. The van der Waals surface area contributed by atoms with Crippen molar-refractivity contribution in [2.24, 2.45) is 0 Å². The van der Waals surface area contributed by atoms with Crippen LogP contribution in [0.5, 0.6) is 0 Å². The summed E-state index contributed by atoms with van der Waals surface area (Å²) in [7, 11) is -3.58. The Balaban J connectivity index is 1.99. The standard InChI is InChI=1S/C14H13N3O2S/c1-10-4-2-3-5-14(10)20(18,19)17-12-7-6-11-9-15-16-13(11)8-12/h2-9,17H,1H3,(H,15,16). The number of anilines is 1. The van der Waals surface area contributed by atoms with Gasteiger partial charge in [0.2, 0.25) is 0 Å². The largest absolute Gasteiger partial charge is 0.280 e. The van der Waals surface area contributed by atoms with E-state index in [1.54, 1.807) is 43.5 Å². The molecule has 0 spiro atoms. The lowest BCUT2D eigenvalue weighted by Gasteiger charge is -2.10. The van der Waals surface area contributed by atoms with Crippen LogP contribution in [-0.2, 0) is 10.0 Å². The smallest absolute Gasteiger partial charge is 0.262 e. The van der Waals surface area contributed by atoms with Gasteiger partial charge in [0.25, 0.3) is 10.0 Å². The van der Waals surface area contributed by atoms with Crippen LogP contribution >= 0.6 is 0 Å². The van der Waals surface area contributed by atoms with Crippen LogP contribution in [0.1, 0.15) is 5.56 Å². The first-order chi connectivity index (χ1) is 9.56. The van der Waals surface area contributed by atoms with Gasteiger partial charge in [-0.15, -0.1) is 0 Å². The highest BCUT2D eigenvalue weighted by Gasteiger charge is 2.16. The molecule has 0 bridgehead atoms. The molecule has 0 radical (unpaired) electrons. The summed E-state index contributed by atoms with van der Waals surface area (Å²) in [6.07, 6.45) is 1.69. The normalized spacial score (nSPS) is 11.7. The molecule has 0 aliphatic heterocycles. The molecular formula is C14H13N3O2S. The van der Waals surface area contributed by atoms with E-state index in [1.807, 2.05) is 12.1 Å². The number of H-pyrrole nitrogens is 1. The number of rotatable bonds is 3. The topological polar surface area (TPSA) is 74.8 Å². The number of sulfonamides is 1. The van der Waals surface area contributed by atoms with E-state index in [-0.39, 0.29) is 4.90 Å². The van der Waals surface area contributed by atoms with Crippen LogP contribution in [0.3, 0.4) is 0 Å². The van der Waals surface area contributed by atoms with Crippen LogP contribution in [0, 0.1) is 6.92 Å². The second-order valence-electron chi connectivity index (χ2n) is 4.54. The molecule has 0 aliphatic rings. The maximum atomic E-state index is 12.4. The van der Waals surface area contributed by atoms with Gasteiger partial charge >= 0.3 is 0 Å². The monoisotopic (exact) mass is 287 g/mol. The van der Waals surface area contributed by atoms with E-state index in [0.717, 1.165) is 10.9 Å². The number of aryl methyl sites for hydroxylation is 1. The van der Waals surface area contributed by atoms with Crippen LogP contribution < -0.4 is 4.72 Å². The van der Waals surface area contributed by atoms with Crippen LogP contribution in [0.15, 0.2) is 53.6 Å². The van der Waals surface area contributed by atoms with E-state index in [4.69, 9.17) is 0 Å². The lowest BCUT2D eigenvalue weighted by Crippen LogP contribution is -2.14. The third kappa shape index (κ3) is 2.25. The maximum Gasteiger partial charge on any atom is 0.262 e. The van der Waals surface area contributed by atoms with Crippen molar-refractivity contribution < 1.29 is 8.42 Å². The predicted molar refractivity (Wildman–Crippen MR) is 78.1 cm³/mol. The summed E-state index contributed by atoms with van der Waals surface area (Å²) < 4.78 is 27.3. The highest BCUT2D eigenvalue weighted by atomic mass is 32.2. The number of nitrogens with zero attached hydrogens (tertiary/aromatic N) is 1. The van der Waals surface area contributed by atoms with E-state index >= 15 is 0 Å². The number of aromatic nitrogens is 2. The van der Waals surface area contributed by atoms with Gasteiger partial charge in [-0.2, -0.15) is 5.10 Å². The minimum absolute atomic E-state index is 0.282. The summed E-state index contributed by atoms with van der Waals surface area (Å²) >= 11 is 0. The first-order valence-corrected chi connectivity index (χ1v) is 7.56. The summed E-state index contributed by atoms with van der Waals surface area (Å²) in [6, 6.07) is 12.1. The van der Waals surface area contributed by atoms with Crippen molar-refractivity contribution in [1.82, 2.24) is 10.2 Å². The maximum absolute atomic E-state index is 12.4. The lowest BCUT2D eigenvalue weighted by atomic mass is 10.2. The van der Waals surface area contributed by atoms with Crippen molar-refractivity contribution in [2.75, 3.05) is 4.72 Å². The van der Waals surface area contributed by atoms with Crippen molar-refractivity contribution in [3.05, 3.63) is 54.2 Å². The molecule has 3 aromatic rings. The van der Waals surface area contributed by atoms with Crippen LogP contribution in [0.25, 0.3) is 10.9 Å². The fraction of sp³-hybridized carbons (Fsp3) is 0.0714. The number of benzene rings is 2. The second kappa shape index (κ2) is 4.64. The Kier molecular flexibility index (Phi) is 2.94. The van der Waals surface area contributed by atoms with Gasteiger partial charge in [0, 0.05) is 5.39 Å². The summed E-state index contributed by atoms with van der Waals surface area (Å²) in [6.45, 7) is 1.77. The molecule has 102 valence electrons. The highest BCUT2D eigenvalue weighted by Crippen LogP contribution is 2.21. The highest BCUT2D eigenvalue weighted by molar-refractivity contribution is 7.92. The Morgan fingerprint density at radius 2 is 1.95 bits per heavy atom. The van der Waals surface area contributed by atoms with E-state index in [2.05, 4.69) is 14.9 Å². The minimum Gasteiger partial charge on any atom is -0.280 e. The van der Waals surface area contributed by atoms with Gasteiger partial charge < -0.3 is 0 Å². The average molecular weight is 287 g/mol. The zero-order chi connectivity index (χ0) is 14.2. The number of nitrogens with one attached hydrogen (secondary N) is 2. The van der Waals surface area contributed by atoms with Gasteiger partial charge in [-0.05, 0) is 36.8 Å². The Labute approximate surface area is 116 Å². The third-order valence-electron chi connectivity index (χ3n) is 3.08. The van der Waals surface area contributed by atoms with Crippen molar-refractivity contribution in [3.8, 4) is 0 Å². The van der Waals surface area contributed by atoms with Crippen LogP contribution in [0.4, 0.5) is 5.69 Å². The number of hydrogen-bond donors (Lipinski definition) is 2. The lowest BCUT2D eigenvalue weighted by molar-refractivity contribution is 0.600. The Bertz CT molecular complexity index is 869. The number of aromatic amines is 1. The Morgan fingerprint density at radius 3 is 2.75 bits per heavy atom. The van der Waals surface area contributed by atoms with E-state index in [0.29, 0.717) is 11.3 Å². The fourth-order valence-electron chi connectivity index (χ4n) is 2.07. The van der Waals surface area contributed by atoms with Crippen molar-refractivity contribution in [1.29, 1.82) is 0 Å². The van der Waals surface area contributed by atoms with Gasteiger partial charge in [-0.3, -0.25) is 9.82 Å². The van der Waals surface area contributed by atoms with E-state index in [9.17, 15) is 8.42 Å². The molecule has 0 atom stereocenters. The van der Waals surface area contributed by atoms with Crippen LogP contribution in [0.2, 0.25) is 0 Å². The SMILES string of the molecule is Cc1ccccc1S(=O)(=O)Nc1ccc2cn[nH]c2c1. The van der Waals surface area contributed by atoms with Gasteiger partial charge in [0.05, 0.1) is 22.3 Å². The molecule has 20 heavy (non-hydrogen) atoms. The molecule has 1 aromatic heterocycles. The summed E-state index contributed by atoms with van der Waals surface area (Å²) in [5.41, 5.74) is 2.00. The second-order valence-corrected chi connectivity index (χ2v) is 6.19. The van der Waals surface area contributed by atoms with Crippen molar-refractivity contribution in [3.63, 3.8) is 0 Å². The first-order valence-electron chi connectivity index (χ1n) is 6.08. The molecule has 2 N–H and O–H groups in total. The molecule has 3 rings (SSSR count). The van der Waals surface area contributed by atoms with Crippen molar-refractivity contribution >= 4 is 26.6 Å². The number of hydrogen-bond acceptors (Lipinski definition) is 3. The zero-order valence-corrected chi connectivity index (χ0v) is 11.6. The summed E-state index contributed by atoms with van der Waals surface area (Å²) in [5, 5.41) is 7.66. The molecule has 0 unspecified atom stereocenters. The summed E-state index contributed by atoms with van der Waals surface area (Å²) in [4.78, 5) is 0.282. The predicted octanol–water partition coefficient (Wildman–Crippen LogP) is 2.67. The van der Waals surface area contributed by atoms with Gasteiger partial charge in [0.15, 0.2) is 0 Å². The quantitative estimate of drug-likeness (QED) is 0.777. The number of fused-ring (bicyclic) bond motifs is 1. The van der Waals surface area contributed by atoms with E-state index in [1.165, 1.54) is 0 Å². The van der Waals surface area contributed by atoms with Crippen LogP contribution in [-0.4, -0.2) is 18.6 Å². The first kappa shape index (κ1) is 12.7. The Morgan fingerprint density at radius 1 is 1.15 bits per heavy atom. The molecule has 5 nitrogen and oxygen atoms in total. The molecular weight excluding hydrogens is 274 g/mol. The minimum atomic E-state index is -3.58. The average Bonchev–Trinajstić information content (AvgIpc) is 2.86. The zero-order valence-electron chi connectivity index (χ0n) is 10.8. The van der Waals surface area contributed by atoms with Gasteiger partial charge in [-0.25, -0.2) is 8.42 Å². The van der Waals surface area contributed by atoms with Crippen molar-refractivity contribution in [2.45, 2.75) is 11.8 Å². The molecule has 0 amide bonds. The molecule has 1 heterocycles. The Hall–Kier alpha value is -2.34. The molecule has 0 aliphatic carbocycles. The molecule has 6 heteroatoms. The van der Waals surface area contributed by atoms with Gasteiger partial charge in [0.1, 0.15) is 0 Å². The molecule has 2 aromatic carbocycles. The van der Waals surface area contributed by atoms with E-state index < -0.39 is 10.0 Å².